The molecule has 0 bridgehead atoms. The van der Waals surface area contributed by atoms with Crippen molar-refractivity contribution < 1.29 is 62.0 Å². The van der Waals surface area contributed by atoms with Crippen molar-refractivity contribution in [1.29, 1.82) is 0 Å². The second-order valence-electron chi connectivity index (χ2n) is 7.51. The van der Waals surface area contributed by atoms with Crippen molar-refractivity contribution >= 4 is 71.0 Å². The average Bonchev–Trinajstić information content (AvgIpc) is 2.86. The van der Waals surface area contributed by atoms with Crippen LogP contribution < -0.4 is 11.1 Å². The van der Waals surface area contributed by atoms with Crippen LogP contribution in [0.3, 0.4) is 0 Å². The van der Waals surface area contributed by atoms with E-state index in [0.29, 0.717) is 18.2 Å². The number of nitrogens with zero attached hydrogens (tertiary/aromatic N) is 4. The van der Waals surface area contributed by atoms with Crippen LogP contribution in [0.1, 0.15) is 0 Å². The number of hydrogen-bond donors (Lipinski definition) is 5. The van der Waals surface area contributed by atoms with Gasteiger partial charge < -0.3 is 11.1 Å². The third kappa shape index (κ3) is 8.77. The summed E-state index contributed by atoms with van der Waals surface area (Å²) in [6.45, 7) is -0.512. The van der Waals surface area contributed by atoms with Crippen LogP contribution >= 0.6 is 12.3 Å². The zero-order valence-electron chi connectivity index (χ0n) is 20.1. The summed E-state index contributed by atoms with van der Waals surface area (Å²) in [6.07, 6.45) is -1.48. The van der Waals surface area contributed by atoms with Gasteiger partial charge in [0.15, 0.2) is 22.2 Å². The number of aromatic nitrogens is 2. The first-order valence-electron chi connectivity index (χ1n) is 10.4. The molecule has 24 heteroatoms. The lowest BCUT2D eigenvalue weighted by atomic mass is 10.2. The molecule has 1 aromatic heterocycles. The minimum absolute atomic E-state index is 0.0993. The maximum Gasteiger partial charge on any atom is 0.313 e. The van der Waals surface area contributed by atoms with Crippen molar-refractivity contribution in [2.24, 2.45) is 10.2 Å². The second kappa shape index (κ2) is 13.2. The average molecular weight is 675 g/mol. The highest BCUT2D eigenvalue weighted by molar-refractivity contribution is 7.91. The van der Waals surface area contributed by atoms with Crippen molar-refractivity contribution in [3.05, 3.63) is 48.4 Å². The normalized spacial score (nSPS) is 12.6. The van der Waals surface area contributed by atoms with Gasteiger partial charge >= 0.3 is 6.08 Å². The Balaban J connectivity index is 2.06. The van der Waals surface area contributed by atoms with Crippen molar-refractivity contribution in [2.45, 2.75) is 14.7 Å². The zero-order valence-corrected chi connectivity index (χ0v) is 23.4. The zero-order chi connectivity index (χ0) is 31.3. The summed E-state index contributed by atoms with van der Waals surface area (Å²) in [4.78, 5) is 3.58. The van der Waals surface area contributed by atoms with Gasteiger partial charge in [-0.15, -0.1) is 14.6 Å². The molecule has 0 unspecified atom stereocenters. The molecule has 1 heterocycles. The molecule has 42 heavy (non-hydrogen) atoms. The van der Waals surface area contributed by atoms with Crippen molar-refractivity contribution in [2.75, 3.05) is 23.4 Å². The molecule has 18 nitrogen and oxygen atoms in total. The maximum atomic E-state index is 13.5. The molecular formula is C18H16F2N6O12S4. The Kier molecular flexibility index (Phi) is 10.4. The van der Waals surface area contributed by atoms with Crippen LogP contribution in [0, 0.1) is 12.0 Å². The largest absolute Gasteiger partial charge is 0.398 e. The minimum Gasteiger partial charge on any atom is -0.398 e. The van der Waals surface area contributed by atoms with E-state index in [9.17, 15) is 43.1 Å². The highest BCUT2D eigenvalue weighted by Crippen LogP contribution is 2.37. The van der Waals surface area contributed by atoms with E-state index in [1.165, 1.54) is 0 Å². The lowest BCUT2D eigenvalue weighted by Gasteiger charge is -2.12. The van der Waals surface area contributed by atoms with Crippen molar-refractivity contribution in [3.63, 3.8) is 0 Å². The Morgan fingerprint density at radius 3 is 2.21 bits per heavy atom. The first kappa shape index (κ1) is 33.0. The second-order valence-corrected chi connectivity index (χ2v) is 12.9. The van der Waals surface area contributed by atoms with E-state index in [2.05, 4.69) is 39.1 Å². The van der Waals surface area contributed by atoms with Crippen LogP contribution in [0.15, 0.2) is 61.3 Å². The number of benzene rings is 2. The van der Waals surface area contributed by atoms with E-state index >= 15 is 0 Å². The Hall–Kier alpha value is -3.46. The van der Waals surface area contributed by atoms with Gasteiger partial charge in [0.05, 0.1) is 28.6 Å². The van der Waals surface area contributed by atoms with E-state index < -0.39 is 92.0 Å². The quantitative estimate of drug-likeness (QED) is 0.0200. The van der Waals surface area contributed by atoms with E-state index in [4.69, 9.17) is 11.0 Å². The lowest BCUT2D eigenvalue weighted by Crippen LogP contribution is -2.12. The molecule has 3 aromatic rings. The molecule has 0 radical (unpaired) electrons. The van der Waals surface area contributed by atoms with Crippen molar-refractivity contribution in [3.8, 4) is 0 Å². The molecule has 0 atom stereocenters. The van der Waals surface area contributed by atoms with Crippen LogP contribution in [0.4, 0.5) is 37.3 Å². The Bertz CT molecular complexity index is 1820. The third-order valence-corrected chi connectivity index (χ3v) is 8.56. The predicted molar refractivity (Wildman–Crippen MR) is 137 cm³/mol. The van der Waals surface area contributed by atoms with Crippen molar-refractivity contribution in [1.82, 2.24) is 9.97 Å². The molecule has 0 amide bonds. The van der Waals surface area contributed by atoms with E-state index in [1.807, 2.05) is 0 Å². The summed E-state index contributed by atoms with van der Waals surface area (Å²) in [5.74, 6) is -2.51. The summed E-state index contributed by atoms with van der Waals surface area (Å²) in [7, 11) is -14.3. The van der Waals surface area contributed by atoms with Crippen LogP contribution in [0.25, 0.3) is 0 Å². The Labute approximate surface area is 239 Å². The van der Waals surface area contributed by atoms with Gasteiger partial charge in [0.25, 0.3) is 20.2 Å². The number of nitrogens with two attached hydrogens (primary N) is 1. The first-order valence-corrected chi connectivity index (χ1v) is 15.6. The molecule has 6 N–H and O–H groups in total. The summed E-state index contributed by atoms with van der Waals surface area (Å²) in [6, 6.07) is 4.46. The van der Waals surface area contributed by atoms with E-state index in [-0.39, 0.29) is 18.0 Å². The highest BCUT2D eigenvalue weighted by atomic mass is 32.2. The van der Waals surface area contributed by atoms with Gasteiger partial charge in [0.1, 0.15) is 27.0 Å². The molecule has 0 fully saturated rings. The maximum absolute atomic E-state index is 13.5. The van der Waals surface area contributed by atoms with Crippen LogP contribution in [-0.2, 0) is 43.6 Å². The number of sulfone groups is 1. The topological polar surface area (TPSA) is 279 Å². The molecule has 2 aromatic carbocycles. The lowest BCUT2D eigenvalue weighted by molar-refractivity contribution is -0.434. The van der Waals surface area contributed by atoms with Crippen LogP contribution in [-0.4, -0.2) is 61.9 Å². The number of nitrogens with one attached hydrogen (secondary N) is 1. The van der Waals surface area contributed by atoms with Crippen LogP contribution in [0.5, 0.6) is 0 Å². The summed E-state index contributed by atoms with van der Waals surface area (Å²) >= 11 is 0.0993. The molecule has 0 saturated carbocycles. The number of halogens is 2. The fraction of sp³-hybridized carbons (Fsp3) is 0.111. The number of hydrogen-bond acceptors (Lipinski definition) is 17. The molecule has 0 aliphatic rings. The first-order chi connectivity index (χ1) is 19.5. The van der Waals surface area contributed by atoms with Gasteiger partial charge in [-0.2, -0.15) is 35.6 Å². The van der Waals surface area contributed by atoms with E-state index in [1.54, 1.807) is 0 Å². The van der Waals surface area contributed by atoms with E-state index in [0.717, 1.165) is 18.2 Å². The van der Waals surface area contributed by atoms with Gasteiger partial charge in [-0.3, -0.25) is 13.3 Å². The monoisotopic (exact) mass is 674 g/mol. The molecule has 0 aliphatic heterocycles. The fourth-order valence-corrected chi connectivity index (χ4v) is 5.77. The van der Waals surface area contributed by atoms with Gasteiger partial charge in [-0.25, -0.2) is 13.7 Å². The minimum atomic E-state index is -5.15. The fourth-order valence-electron chi connectivity index (χ4n) is 3.00. The van der Waals surface area contributed by atoms with Crippen LogP contribution in [0.2, 0.25) is 0 Å². The summed E-state index contributed by atoms with van der Waals surface area (Å²) in [5.41, 5.74) is 3.64. The molecular weight excluding hydrogens is 658 g/mol. The number of azo groups is 1. The Morgan fingerprint density at radius 1 is 0.929 bits per heavy atom. The predicted octanol–water partition coefficient (Wildman–Crippen LogP) is 2.76. The van der Waals surface area contributed by atoms with Gasteiger partial charge in [-0.1, -0.05) is 5.04 Å². The van der Waals surface area contributed by atoms with Gasteiger partial charge in [0.2, 0.25) is 5.95 Å². The number of nitrogen functional groups attached to an aromatic ring is 1. The summed E-state index contributed by atoms with van der Waals surface area (Å²) in [5, 5.41) is 20.9. The molecule has 0 spiro atoms. The van der Waals surface area contributed by atoms with Gasteiger partial charge in [-0.05, 0) is 30.3 Å². The smallest absolute Gasteiger partial charge is 0.313 e. The third-order valence-electron chi connectivity index (χ3n) is 4.71. The molecule has 3 rings (SSSR count). The molecule has 0 saturated heterocycles. The Morgan fingerprint density at radius 2 is 1.60 bits per heavy atom. The SMILES string of the molecule is Nc1cc(Nc2cc(F)nc(F)n2)c(N=Nc2ccc(S(=O)(=O)CCOSOOO)cc2S(=O)(=O)O)cc1S(=O)(=O)O. The standard InChI is InChI=1S/C18H16F2N6O12S4/c19-16-8-17(24-18(20)23-16)22-12-6-10(21)14(41(30,31)32)7-13(12)26-25-11-2-1-9(5-15(11)42(33,34)35)40(28,29)4-3-36-39-38-37-27/h1-2,5-8,27H,3-4,21H2,(H,22,23,24)(H,30,31,32)(H,33,34,35). The highest BCUT2D eigenvalue weighted by Gasteiger charge is 2.23. The van der Waals surface area contributed by atoms with Gasteiger partial charge in [0, 0.05) is 6.07 Å². The molecule has 0 aliphatic carbocycles. The summed E-state index contributed by atoms with van der Waals surface area (Å²) < 4.78 is 127. The number of anilines is 3. The number of rotatable bonds is 13. The molecule has 228 valence electrons.